The monoisotopic (exact) mass is 405 g/mol. The van der Waals surface area contributed by atoms with Gasteiger partial charge in [0.1, 0.15) is 0 Å². The highest BCUT2D eigenvalue weighted by Gasteiger charge is 2.14. The Labute approximate surface area is 171 Å². The van der Waals surface area contributed by atoms with Gasteiger partial charge < -0.3 is 0 Å². The topological polar surface area (TPSA) is 54.4 Å². The first-order chi connectivity index (χ1) is 13.6. The zero-order valence-corrected chi connectivity index (χ0v) is 16.6. The number of hydrogen-bond donors (Lipinski definition) is 1. The summed E-state index contributed by atoms with van der Waals surface area (Å²) in [6.45, 7) is 1.84. The van der Waals surface area contributed by atoms with E-state index in [-0.39, 0.29) is 5.91 Å². The van der Waals surface area contributed by atoms with E-state index in [2.05, 4.69) is 10.5 Å². The number of hydrogen-bond acceptors (Lipinski definition) is 4. The van der Waals surface area contributed by atoms with Crippen molar-refractivity contribution in [3.05, 3.63) is 87.6 Å². The molecule has 0 aliphatic heterocycles. The standard InChI is InChI=1S/C22H16ClN3OS/c1-14(20-11-12-21(23)28-20)25-26-22(27)17-13-19(15-7-3-2-4-8-15)24-18-10-6-5-9-16(17)18/h2-13H,1H3,(H,26,27)/b25-14+. The minimum atomic E-state index is -0.280. The highest BCUT2D eigenvalue weighted by Crippen LogP contribution is 2.25. The number of nitrogens with zero attached hydrogens (tertiary/aromatic N) is 2. The van der Waals surface area contributed by atoms with Gasteiger partial charge in [0.05, 0.1) is 31.7 Å². The van der Waals surface area contributed by atoms with E-state index in [0.29, 0.717) is 15.6 Å². The molecule has 0 atom stereocenters. The molecule has 0 radical (unpaired) electrons. The first-order valence-electron chi connectivity index (χ1n) is 8.67. The van der Waals surface area contributed by atoms with Gasteiger partial charge in [-0.05, 0) is 31.2 Å². The first kappa shape index (κ1) is 18.3. The fourth-order valence-electron chi connectivity index (χ4n) is 2.88. The average Bonchev–Trinajstić information content (AvgIpc) is 3.18. The third-order valence-corrected chi connectivity index (χ3v) is 5.63. The van der Waals surface area contributed by atoms with E-state index in [1.807, 2.05) is 73.7 Å². The summed E-state index contributed by atoms with van der Waals surface area (Å²) in [7, 11) is 0. The van der Waals surface area contributed by atoms with Gasteiger partial charge in [-0.2, -0.15) is 5.10 Å². The van der Waals surface area contributed by atoms with Crippen LogP contribution >= 0.6 is 22.9 Å². The summed E-state index contributed by atoms with van der Waals surface area (Å²) in [6, 6.07) is 22.9. The number of carbonyl (C=O) groups excluding carboxylic acids is 1. The van der Waals surface area contributed by atoms with Crippen LogP contribution in [0.1, 0.15) is 22.2 Å². The lowest BCUT2D eigenvalue weighted by Gasteiger charge is -2.09. The Kier molecular flexibility index (Phi) is 5.19. The molecule has 0 saturated carbocycles. The molecule has 0 fully saturated rings. The molecule has 138 valence electrons. The number of hydrazone groups is 1. The molecule has 4 aromatic rings. The van der Waals surface area contributed by atoms with E-state index >= 15 is 0 Å². The highest BCUT2D eigenvalue weighted by atomic mass is 35.5. The van der Waals surface area contributed by atoms with Crippen molar-refractivity contribution in [2.75, 3.05) is 0 Å². The van der Waals surface area contributed by atoms with Crippen LogP contribution in [0.4, 0.5) is 0 Å². The van der Waals surface area contributed by atoms with Crippen molar-refractivity contribution in [3.8, 4) is 11.3 Å². The molecule has 0 spiro atoms. The maximum Gasteiger partial charge on any atom is 0.272 e. The maximum absolute atomic E-state index is 12.9. The molecule has 6 heteroatoms. The van der Waals surface area contributed by atoms with Gasteiger partial charge in [0, 0.05) is 10.9 Å². The van der Waals surface area contributed by atoms with E-state index in [1.54, 1.807) is 6.07 Å². The van der Waals surface area contributed by atoms with Crippen LogP contribution in [-0.4, -0.2) is 16.6 Å². The van der Waals surface area contributed by atoms with Crippen molar-refractivity contribution in [2.24, 2.45) is 5.10 Å². The number of carbonyl (C=O) groups is 1. The molecule has 1 N–H and O–H groups in total. The van der Waals surface area contributed by atoms with Crippen molar-refractivity contribution >= 4 is 45.5 Å². The van der Waals surface area contributed by atoms with Crippen molar-refractivity contribution in [1.29, 1.82) is 0 Å². The number of halogens is 1. The number of fused-ring (bicyclic) bond motifs is 1. The fraction of sp³-hybridized carbons (Fsp3) is 0.0455. The lowest BCUT2D eigenvalue weighted by Crippen LogP contribution is -2.19. The normalized spacial score (nSPS) is 11.6. The van der Waals surface area contributed by atoms with Gasteiger partial charge in [0.2, 0.25) is 0 Å². The van der Waals surface area contributed by atoms with Crippen molar-refractivity contribution < 1.29 is 4.79 Å². The molecule has 4 nitrogen and oxygen atoms in total. The molecular formula is C22H16ClN3OS. The van der Waals surface area contributed by atoms with Crippen LogP contribution in [-0.2, 0) is 0 Å². The predicted molar refractivity (Wildman–Crippen MR) is 116 cm³/mol. The Bertz CT molecular complexity index is 1180. The Morgan fingerprint density at radius 3 is 2.54 bits per heavy atom. The van der Waals surface area contributed by atoms with Crippen LogP contribution in [0.3, 0.4) is 0 Å². The van der Waals surface area contributed by atoms with Crippen LogP contribution in [0.5, 0.6) is 0 Å². The maximum atomic E-state index is 12.9. The van der Waals surface area contributed by atoms with E-state index in [9.17, 15) is 4.79 Å². The second kappa shape index (κ2) is 7.92. The number of amides is 1. The molecule has 1 amide bonds. The van der Waals surface area contributed by atoms with E-state index in [0.717, 1.165) is 27.0 Å². The third-order valence-electron chi connectivity index (χ3n) is 4.29. The van der Waals surface area contributed by atoms with Gasteiger partial charge in [-0.1, -0.05) is 60.1 Å². The number of nitrogens with one attached hydrogen (secondary N) is 1. The minimum Gasteiger partial charge on any atom is -0.267 e. The SMILES string of the molecule is C/C(=N\NC(=O)c1cc(-c2ccccc2)nc2ccccc12)c1ccc(Cl)s1. The van der Waals surface area contributed by atoms with E-state index in [4.69, 9.17) is 16.6 Å². The third kappa shape index (κ3) is 3.81. The molecule has 0 bridgehead atoms. The van der Waals surface area contributed by atoms with Crippen LogP contribution in [0.2, 0.25) is 4.34 Å². The molecule has 0 aliphatic rings. The van der Waals surface area contributed by atoms with Gasteiger partial charge >= 0.3 is 0 Å². The summed E-state index contributed by atoms with van der Waals surface area (Å²) in [4.78, 5) is 18.5. The highest BCUT2D eigenvalue weighted by molar-refractivity contribution is 7.18. The largest absolute Gasteiger partial charge is 0.272 e. The first-order valence-corrected chi connectivity index (χ1v) is 9.87. The smallest absolute Gasteiger partial charge is 0.267 e. The molecule has 2 aromatic heterocycles. The van der Waals surface area contributed by atoms with Gasteiger partial charge in [-0.25, -0.2) is 10.4 Å². The molecule has 2 aromatic carbocycles. The summed E-state index contributed by atoms with van der Waals surface area (Å²) in [6.07, 6.45) is 0. The molecule has 0 unspecified atom stereocenters. The molecule has 2 heterocycles. The van der Waals surface area contributed by atoms with Crippen molar-refractivity contribution in [2.45, 2.75) is 6.92 Å². The summed E-state index contributed by atoms with van der Waals surface area (Å²) in [5.74, 6) is -0.280. The zero-order chi connectivity index (χ0) is 19.5. The van der Waals surface area contributed by atoms with Crippen molar-refractivity contribution in [1.82, 2.24) is 10.4 Å². The van der Waals surface area contributed by atoms with Gasteiger partial charge in [0.15, 0.2) is 0 Å². The van der Waals surface area contributed by atoms with Crippen LogP contribution in [0, 0.1) is 0 Å². The van der Waals surface area contributed by atoms with Crippen LogP contribution in [0.25, 0.3) is 22.2 Å². The average molecular weight is 406 g/mol. The number of para-hydroxylation sites is 1. The molecule has 4 rings (SSSR count). The zero-order valence-electron chi connectivity index (χ0n) is 15.0. The number of pyridine rings is 1. The molecule has 0 saturated heterocycles. The lowest BCUT2D eigenvalue weighted by molar-refractivity contribution is 0.0956. The summed E-state index contributed by atoms with van der Waals surface area (Å²) in [5.41, 5.74) is 6.36. The number of rotatable bonds is 4. The lowest BCUT2D eigenvalue weighted by atomic mass is 10.0. The van der Waals surface area contributed by atoms with E-state index in [1.165, 1.54) is 11.3 Å². The minimum absolute atomic E-state index is 0.280. The van der Waals surface area contributed by atoms with Crippen LogP contribution < -0.4 is 5.43 Å². The Morgan fingerprint density at radius 2 is 1.79 bits per heavy atom. The summed E-state index contributed by atoms with van der Waals surface area (Å²) < 4.78 is 0.684. The number of aromatic nitrogens is 1. The Balaban J connectivity index is 1.71. The quantitative estimate of drug-likeness (QED) is 0.346. The van der Waals surface area contributed by atoms with Gasteiger partial charge in [0.25, 0.3) is 5.91 Å². The molecule has 28 heavy (non-hydrogen) atoms. The second-order valence-corrected chi connectivity index (χ2v) is 7.90. The summed E-state index contributed by atoms with van der Waals surface area (Å²) >= 11 is 7.39. The van der Waals surface area contributed by atoms with E-state index < -0.39 is 0 Å². The predicted octanol–water partition coefficient (Wildman–Crippen LogP) is 5.77. The van der Waals surface area contributed by atoms with Gasteiger partial charge in [-0.15, -0.1) is 11.3 Å². The number of thiophene rings is 1. The molecule has 0 aliphatic carbocycles. The van der Waals surface area contributed by atoms with Crippen LogP contribution in [0.15, 0.2) is 77.9 Å². The summed E-state index contributed by atoms with van der Waals surface area (Å²) in [5, 5.41) is 5.03. The fourth-order valence-corrected chi connectivity index (χ4v) is 3.87. The Morgan fingerprint density at radius 1 is 1.04 bits per heavy atom. The van der Waals surface area contributed by atoms with Gasteiger partial charge in [-0.3, -0.25) is 4.79 Å². The molecular weight excluding hydrogens is 390 g/mol. The van der Waals surface area contributed by atoms with Crippen molar-refractivity contribution in [3.63, 3.8) is 0 Å². The number of benzene rings is 2. The second-order valence-electron chi connectivity index (χ2n) is 6.18. The Hall–Kier alpha value is -3.02.